The van der Waals surface area contributed by atoms with Crippen LogP contribution in [0.1, 0.15) is 54.6 Å². The highest BCUT2D eigenvalue weighted by Crippen LogP contribution is 2.41. The van der Waals surface area contributed by atoms with Crippen molar-refractivity contribution in [3.63, 3.8) is 0 Å². The Hall–Kier alpha value is -2.80. The Morgan fingerprint density at radius 1 is 1.00 bits per heavy atom. The minimum atomic E-state index is 0.485. The number of fused-ring (bicyclic) bond motifs is 1. The van der Waals surface area contributed by atoms with E-state index >= 15 is 0 Å². The number of rotatable bonds is 4. The van der Waals surface area contributed by atoms with E-state index in [1.165, 1.54) is 46.3 Å². The maximum Gasteiger partial charge on any atom is 0.141 e. The highest BCUT2D eigenvalue weighted by molar-refractivity contribution is 7.17. The Morgan fingerprint density at radius 3 is 2.61 bits per heavy atom. The van der Waals surface area contributed by atoms with Crippen molar-refractivity contribution in [2.75, 3.05) is 18.0 Å². The van der Waals surface area contributed by atoms with Gasteiger partial charge in [0, 0.05) is 36.0 Å². The predicted molar refractivity (Wildman–Crippen MR) is 125 cm³/mol. The zero-order valence-corrected chi connectivity index (χ0v) is 18.8. The zero-order valence-electron chi connectivity index (χ0n) is 18.0. The number of hydrogen-bond acceptors (Lipinski definition) is 6. The van der Waals surface area contributed by atoms with Crippen LogP contribution in [0.5, 0.6) is 0 Å². The van der Waals surface area contributed by atoms with E-state index in [1.54, 1.807) is 17.7 Å². The van der Waals surface area contributed by atoms with Gasteiger partial charge in [0.15, 0.2) is 0 Å². The van der Waals surface area contributed by atoms with Gasteiger partial charge in [0.2, 0.25) is 0 Å². The second-order valence-electron chi connectivity index (χ2n) is 8.91. The van der Waals surface area contributed by atoms with Crippen molar-refractivity contribution in [2.45, 2.75) is 51.5 Å². The van der Waals surface area contributed by atoms with E-state index in [0.29, 0.717) is 12.0 Å². The molecule has 2 fully saturated rings. The number of hydrogen-bond donors (Lipinski definition) is 0. The molecule has 1 saturated heterocycles. The molecule has 0 atom stereocenters. The normalized spacial score (nSPS) is 17.5. The molecular formula is C24H26N6S. The van der Waals surface area contributed by atoms with Gasteiger partial charge >= 0.3 is 0 Å². The maximum atomic E-state index is 4.76. The molecule has 4 heterocycles. The number of anilines is 1. The first-order chi connectivity index (χ1) is 15.2. The molecule has 1 aromatic carbocycles. The third-order valence-electron chi connectivity index (χ3n) is 6.87. The van der Waals surface area contributed by atoms with Crippen molar-refractivity contribution in [1.29, 1.82) is 0 Å². The molecule has 1 saturated carbocycles. The second kappa shape index (κ2) is 7.41. The summed E-state index contributed by atoms with van der Waals surface area (Å²) in [5, 5.41) is 12.1. The standard InChI is InChI=1S/C24H26N6S/c1-15-3-4-18(11-16(15)2)20-12-31-24-21(20)23(25-13-26-24)29-9-7-17(8-10-29)22-28-27-14-30(22)19-5-6-19/h3-4,11-14,17,19H,5-10H2,1-2H3. The number of nitrogens with zero attached hydrogens (tertiary/aromatic N) is 6. The van der Waals surface area contributed by atoms with Crippen molar-refractivity contribution < 1.29 is 0 Å². The van der Waals surface area contributed by atoms with Crippen LogP contribution in [0.2, 0.25) is 0 Å². The number of aromatic nitrogens is 5. The molecule has 6 nitrogen and oxygen atoms in total. The van der Waals surface area contributed by atoms with Crippen LogP contribution >= 0.6 is 11.3 Å². The Kier molecular flexibility index (Phi) is 4.52. The van der Waals surface area contributed by atoms with Crippen LogP contribution in [-0.4, -0.2) is 37.8 Å². The van der Waals surface area contributed by atoms with E-state index in [-0.39, 0.29) is 0 Å². The minimum absolute atomic E-state index is 0.485. The zero-order chi connectivity index (χ0) is 20.9. The lowest BCUT2D eigenvalue weighted by atomic mass is 9.95. The highest BCUT2D eigenvalue weighted by atomic mass is 32.1. The summed E-state index contributed by atoms with van der Waals surface area (Å²) < 4.78 is 2.32. The molecule has 158 valence electrons. The predicted octanol–water partition coefficient (Wildman–Crippen LogP) is 5.29. The summed E-state index contributed by atoms with van der Waals surface area (Å²) in [5.74, 6) is 2.74. The molecule has 0 N–H and O–H groups in total. The molecule has 6 rings (SSSR count). The molecular weight excluding hydrogens is 404 g/mol. The summed E-state index contributed by atoms with van der Waals surface area (Å²) in [7, 11) is 0. The fourth-order valence-corrected chi connectivity index (χ4v) is 5.66. The average Bonchev–Trinajstić information content (AvgIpc) is 3.36. The number of piperidine rings is 1. The summed E-state index contributed by atoms with van der Waals surface area (Å²) in [6.45, 7) is 6.30. The molecule has 1 aliphatic heterocycles. The molecule has 0 spiro atoms. The second-order valence-corrected chi connectivity index (χ2v) is 9.77. The first-order valence-electron chi connectivity index (χ1n) is 11.1. The molecule has 31 heavy (non-hydrogen) atoms. The van der Waals surface area contributed by atoms with Gasteiger partial charge in [-0.2, -0.15) is 0 Å². The Morgan fingerprint density at radius 2 is 1.84 bits per heavy atom. The average molecular weight is 431 g/mol. The molecule has 1 aliphatic carbocycles. The van der Waals surface area contributed by atoms with Crippen molar-refractivity contribution in [3.05, 3.63) is 53.2 Å². The molecule has 0 amide bonds. The molecule has 3 aromatic heterocycles. The molecule has 0 radical (unpaired) electrons. The SMILES string of the molecule is Cc1ccc(-c2csc3ncnc(N4CCC(c5nncn5C5CC5)CC4)c23)cc1C. The van der Waals surface area contributed by atoms with E-state index in [9.17, 15) is 0 Å². The van der Waals surface area contributed by atoms with Crippen LogP contribution in [0.3, 0.4) is 0 Å². The third kappa shape index (κ3) is 3.31. The highest BCUT2D eigenvalue weighted by Gasteiger charge is 2.31. The molecule has 2 aliphatic rings. The fourth-order valence-electron chi connectivity index (χ4n) is 4.75. The Bertz CT molecular complexity index is 1250. The fraction of sp³-hybridized carbons (Fsp3) is 0.417. The Labute approximate surface area is 186 Å². The summed E-state index contributed by atoms with van der Waals surface area (Å²) in [6.07, 6.45) is 8.34. The van der Waals surface area contributed by atoms with Crippen LogP contribution in [0.4, 0.5) is 5.82 Å². The minimum Gasteiger partial charge on any atom is -0.356 e. The van der Waals surface area contributed by atoms with Crippen LogP contribution in [0.25, 0.3) is 21.3 Å². The van der Waals surface area contributed by atoms with Crippen molar-refractivity contribution in [3.8, 4) is 11.1 Å². The lowest BCUT2D eigenvalue weighted by molar-refractivity contribution is 0.464. The summed E-state index contributed by atoms with van der Waals surface area (Å²) in [4.78, 5) is 12.8. The van der Waals surface area contributed by atoms with Crippen LogP contribution in [-0.2, 0) is 0 Å². The van der Waals surface area contributed by atoms with Crippen molar-refractivity contribution >= 4 is 27.4 Å². The van der Waals surface area contributed by atoms with Gasteiger partial charge in [-0.05, 0) is 56.2 Å². The maximum absolute atomic E-state index is 4.76. The van der Waals surface area contributed by atoms with Crippen LogP contribution < -0.4 is 4.90 Å². The first-order valence-corrected chi connectivity index (χ1v) is 12.0. The lowest BCUT2D eigenvalue weighted by Gasteiger charge is -2.33. The Balaban J connectivity index is 1.31. The number of benzene rings is 1. The van der Waals surface area contributed by atoms with Gasteiger partial charge in [0.1, 0.15) is 29.1 Å². The van der Waals surface area contributed by atoms with Crippen LogP contribution in [0, 0.1) is 13.8 Å². The molecule has 0 unspecified atom stereocenters. The van der Waals surface area contributed by atoms with Gasteiger partial charge in [0.25, 0.3) is 0 Å². The van der Waals surface area contributed by atoms with Gasteiger partial charge in [-0.3, -0.25) is 0 Å². The summed E-state index contributed by atoms with van der Waals surface area (Å²) in [6, 6.07) is 7.34. The number of thiophene rings is 1. The van der Waals surface area contributed by atoms with Gasteiger partial charge in [-0.15, -0.1) is 21.5 Å². The van der Waals surface area contributed by atoms with Crippen molar-refractivity contribution in [1.82, 2.24) is 24.7 Å². The third-order valence-corrected chi connectivity index (χ3v) is 7.76. The number of aryl methyl sites for hydroxylation is 2. The van der Waals surface area contributed by atoms with Crippen LogP contribution in [0.15, 0.2) is 36.2 Å². The lowest BCUT2D eigenvalue weighted by Crippen LogP contribution is -2.34. The van der Waals surface area contributed by atoms with Gasteiger partial charge in [0.05, 0.1) is 5.39 Å². The van der Waals surface area contributed by atoms with Gasteiger partial charge in [-0.1, -0.05) is 18.2 Å². The molecule has 7 heteroatoms. The van der Waals surface area contributed by atoms with E-state index < -0.39 is 0 Å². The summed E-state index contributed by atoms with van der Waals surface area (Å²) >= 11 is 1.71. The van der Waals surface area contributed by atoms with E-state index in [2.05, 4.69) is 62.1 Å². The topological polar surface area (TPSA) is 59.7 Å². The summed E-state index contributed by atoms with van der Waals surface area (Å²) in [5.41, 5.74) is 5.13. The van der Waals surface area contributed by atoms with E-state index in [1.807, 2.05) is 6.33 Å². The molecule has 0 bridgehead atoms. The van der Waals surface area contributed by atoms with E-state index in [4.69, 9.17) is 4.98 Å². The monoisotopic (exact) mass is 430 g/mol. The van der Waals surface area contributed by atoms with Crippen molar-refractivity contribution in [2.24, 2.45) is 0 Å². The van der Waals surface area contributed by atoms with Gasteiger partial charge in [-0.25, -0.2) is 9.97 Å². The smallest absolute Gasteiger partial charge is 0.141 e. The quantitative estimate of drug-likeness (QED) is 0.440. The molecule has 4 aromatic rings. The first kappa shape index (κ1) is 18.9. The van der Waals surface area contributed by atoms with E-state index in [0.717, 1.165) is 36.6 Å². The largest absolute Gasteiger partial charge is 0.356 e. The van der Waals surface area contributed by atoms with Gasteiger partial charge < -0.3 is 9.47 Å².